The predicted molar refractivity (Wildman–Crippen MR) is 110 cm³/mol. The number of Topliss-reactive ketones (excluding diaryl/α,β-unsaturated/α-hetero) is 1. The van der Waals surface area contributed by atoms with Crippen LogP contribution in [0, 0.1) is 0 Å². The minimum absolute atomic E-state index is 0.0586. The van der Waals surface area contributed by atoms with E-state index in [0.29, 0.717) is 35.2 Å². The lowest BCUT2D eigenvalue weighted by Gasteiger charge is -2.06. The van der Waals surface area contributed by atoms with E-state index in [1.165, 1.54) is 0 Å². The minimum atomic E-state index is 0.0586. The lowest BCUT2D eigenvalue weighted by atomic mass is 9.99. The Hall–Kier alpha value is -2.10. The highest BCUT2D eigenvalue weighted by molar-refractivity contribution is 6.33. The van der Waals surface area contributed by atoms with Gasteiger partial charge in [0.2, 0.25) is 5.89 Å². The fourth-order valence-electron chi connectivity index (χ4n) is 3.02. The molecule has 2 aromatic carbocycles. The fraction of sp³-hybridized carbons (Fsp3) is 0.273. The molecule has 0 saturated heterocycles. The number of nitrogens with zero attached hydrogens (tertiary/aromatic N) is 1. The van der Waals surface area contributed by atoms with Crippen molar-refractivity contribution < 1.29 is 9.21 Å². The lowest BCUT2D eigenvalue weighted by Crippen LogP contribution is -2.05. The van der Waals surface area contributed by atoms with Gasteiger partial charge in [-0.15, -0.1) is 11.6 Å². The molecule has 140 valence electrons. The van der Waals surface area contributed by atoms with Crippen molar-refractivity contribution in [3.63, 3.8) is 0 Å². The zero-order valence-corrected chi connectivity index (χ0v) is 16.8. The molecule has 3 nitrogen and oxygen atoms in total. The van der Waals surface area contributed by atoms with Crippen LogP contribution in [0.15, 0.2) is 52.9 Å². The van der Waals surface area contributed by atoms with Gasteiger partial charge in [-0.05, 0) is 17.7 Å². The molecule has 1 aromatic heterocycles. The maximum absolute atomic E-state index is 12.7. The monoisotopic (exact) mass is 401 g/mol. The van der Waals surface area contributed by atoms with Crippen LogP contribution in [0.3, 0.4) is 0 Å². The summed E-state index contributed by atoms with van der Waals surface area (Å²) < 4.78 is 6.00. The first kappa shape index (κ1) is 19.7. The van der Waals surface area contributed by atoms with Crippen LogP contribution in [-0.2, 0) is 12.3 Å². The van der Waals surface area contributed by atoms with Gasteiger partial charge in [-0.3, -0.25) is 4.79 Å². The molecule has 0 radical (unpaired) electrons. The highest BCUT2D eigenvalue weighted by Gasteiger charge is 2.20. The van der Waals surface area contributed by atoms with E-state index < -0.39 is 0 Å². The summed E-state index contributed by atoms with van der Waals surface area (Å²) in [7, 11) is 0. The normalized spacial score (nSPS) is 11.1. The van der Waals surface area contributed by atoms with Gasteiger partial charge in [0.05, 0.1) is 16.3 Å². The van der Waals surface area contributed by atoms with Gasteiger partial charge in [-0.1, -0.05) is 61.8 Å². The molecule has 0 bridgehead atoms. The molecule has 1 heterocycles. The molecule has 0 fully saturated rings. The summed E-state index contributed by atoms with van der Waals surface area (Å²) in [5, 5.41) is 0.590. The second-order valence-corrected chi connectivity index (χ2v) is 7.35. The van der Waals surface area contributed by atoms with Crippen molar-refractivity contribution in [2.45, 2.75) is 38.5 Å². The van der Waals surface area contributed by atoms with Crippen molar-refractivity contribution in [1.82, 2.24) is 4.98 Å². The maximum atomic E-state index is 12.7. The van der Waals surface area contributed by atoms with E-state index in [4.69, 9.17) is 27.6 Å². The number of ketones is 1. The van der Waals surface area contributed by atoms with Gasteiger partial charge in [-0.2, -0.15) is 0 Å². The third kappa shape index (κ3) is 4.42. The number of aryl methyl sites for hydroxylation is 1. The average Bonchev–Trinajstić information content (AvgIpc) is 3.10. The molecule has 0 amide bonds. The zero-order chi connectivity index (χ0) is 19.4. The van der Waals surface area contributed by atoms with Crippen molar-refractivity contribution >= 4 is 29.0 Å². The Kier molecular flexibility index (Phi) is 6.35. The second-order valence-electron chi connectivity index (χ2n) is 6.68. The Morgan fingerprint density at radius 1 is 1.11 bits per heavy atom. The SMILES string of the molecule is CC(C)c1oc(-c2ccccc2Cl)nc1CCC(=O)c1ccccc1CCl. The maximum Gasteiger partial charge on any atom is 0.228 e. The van der Waals surface area contributed by atoms with Crippen LogP contribution in [-0.4, -0.2) is 10.8 Å². The van der Waals surface area contributed by atoms with Gasteiger partial charge >= 0.3 is 0 Å². The summed E-state index contributed by atoms with van der Waals surface area (Å²) in [5.74, 6) is 1.83. The van der Waals surface area contributed by atoms with Crippen LogP contribution in [0.4, 0.5) is 0 Å². The standard InChI is InChI=1S/C22H21Cl2NO2/c1-14(2)21-19(25-22(27-21)17-9-5-6-10-18(17)24)11-12-20(26)16-8-4-3-7-15(16)13-23/h3-10,14H,11-13H2,1-2H3. The summed E-state index contributed by atoms with van der Waals surface area (Å²) >= 11 is 12.2. The van der Waals surface area contributed by atoms with Gasteiger partial charge < -0.3 is 4.42 Å². The molecule has 0 spiro atoms. The first-order valence-electron chi connectivity index (χ1n) is 8.92. The van der Waals surface area contributed by atoms with E-state index in [9.17, 15) is 4.79 Å². The average molecular weight is 402 g/mol. The van der Waals surface area contributed by atoms with Crippen LogP contribution < -0.4 is 0 Å². The molecule has 0 aliphatic carbocycles. The molecule has 5 heteroatoms. The van der Waals surface area contributed by atoms with Gasteiger partial charge in [0.15, 0.2) is 5.78 Å². The van der Waals surface area contributed by atoms with E-state index in [1.54, 1.807) is 0 Å². The summed E-state index contributed by atoms with van der Waals surface area (Å²) in [4.78, 5) is 17.3. The third-order valence-corrected chi connectivity index (χ3v) is 5.02. The number of hydrogen-bond donors (Lipinski definition) is 0. The second kappa shape index (κ2) is 8.73. The molecule has 3 aromatic rings. The zero-order valence-electron chi connectivity index (χ0n) is 15.3. The quantitative estimate of drug-likeness (QED) is 0.327. The Balaban J connectivity index is 1.84. The van der Waals surface area contributed by atoms with Crippen LogP contribution in [0.1, 0.15) is 53.6 Å². The first-order valence-corrected chi connectivity index (χ1v) is 9.84. The summed E-state index contributed by atoms with van der Waals surface area (Å²) in [6, 6.07) is 14.9. The van der Waals surface area contributed by atoms with Gasteiger partial charge in [-0.25, -0.2) is 4.98 Å². The third-order valence-electron chi connectivity index (χ3n) is 4.41. The molecule has 0 unspecified atom stereocenters. The number of carbonyl (C=O) groups is 1. The van der Waals surface area contributed by atoms with Gasteiger partial charge in [0.1, 0.15) is 5.76 Å². The number of oxazole rings is 1. The van der Waals surface area contributed by atoms with E-state index in [2.05, 4.69) is 4.98 Å². The van der Waals surface area contributed by atoms with Crippen molar-refractivity contribution in [1.29, 1.82) is 0 Å². The molecule has 3 rings (SSSR count). The molecule has 0 aliphatic heterocycles. The fourth-order valence-corrected chi connectivity index (χ4v) is 3.47. The van der Waals surface area contributed by atoms with E-state index in [1.807, 2.05) is 62.4 Å². The van der Waals surface area contributed by atoms with Crippen LogP contribution in [0.25, 0.3) is 11.5 Å². The molecule has 0 N–H and O–H groups in total. The Labute approximate surface area is 169 Å². The molecular formula is C22H21Cl2NO2. The highest BCUT2D eigenvalue weighted by atomic mass is 35.5. The van der Waals surface area contributed by atoms with Crippen molar-refractivity contribution in [2.75, 3.05) is 0 Å². The molecule has 0 aliphatic rings. The Morgan fingerprint density at radius 3 is 2.52 bits per heavy atom. The van der Waals surface area contributed by atoms with Crippen LogP contribution in [0.2, 0.25) is 5.02 Å². The number of halogens is 2. The van der Waals surface area contributed by atoms with Crippen LogP contribution >= 0.6 is 23.2 Å². The van der Waals surface area contributed by atoms with E-state index in [0.717, 1.165) is 22.6 Å². The minimum Gasteiger partial charge on any atom is -0.441 e. The number of rotatable bonds is 7. The molecule has 0 atom stereocenters. The number of benzene rings is 2. The smallest absolute Gasteiger partial charge is 0.228 e. The molecule has 27 heavy (non-hydrogen) atoms. The van der Waals surface area contributed by atoms with E-state index in [-0.39, 0.29) is 11.7 Å². The summed E-state index contributed by atoms with van der Waals surface area (Å²) in [6.07, 6.45) is 0.860. The van der Waals surface area contributed by atoms with Crippen LogP contribution in [0.5, 0.6) is 0 Å². The number of hydrogen-bond acceptors (Lipinski definition) is 3. The number of alkyl halides is 1. The summed E-state index contributed by atoms with van der Waals surface area (Å²) in [6.45, 7) is 4.09. The largest absolute Gasteiger partial charge is 0.441 e. The molecule has 0 saturated carbocycles. The van der Waals surface area contributed by atoms with Gasteiger partial charge in [0.25, 0.3) is 0 Å². The number of carbonyl (C=O) groups excluding carboxylic acids is 1. The van der Waals surface area contributed by atoms with Crippen molar-refractivity contribution in [3.05, 3.63) is 76.1 Å². The number of aromatic nitrogens is 1. The Morgan fingerprint density at radius 2 is 1.81 bits per heavy atom. The summed E-state index contributed by atoms with van der Waals surface area (Å²) in [5.41, 5.74) is 3.08. The van der Waals surface area contributed by atoms with Crippen molar-refractivity contribution in [3.8, 4) is 11.5 Å². The van der Waals surface area contributed by atoms with E-state index >= 15 is 0 Å². The van der Waals surface area contributed by atoms with Gasteiger partial charge in [0, 0.05) is 30.2 Å². The first-order chi connectivity index (χ1) is 13.0. The topological polar surface area (TPSA) is 43.1 Å². The lowest BCUT2D eigenvalue weighted by molar-refractivity contribution is 0.0981. The Bertz CT molecular complexity index is 947. The highest BCUT2D eigenvalue weighted by Crippen LogP contribution is 2.32. The van der Waals surface area contributed by atoms with Crippen molar-refractivity contribution in [2.24, 2.45) is 0 Å². The predicted octanol–water partition coefficient (Wildman–Crippen LogP) is 6.67. The molecular weight excluding hydrogens is 381 g/mol.